The van der Waals surface area contributed by atoms with Gasteiger partial charge in [0.2, 0.25) is 0 Å². The molecule has 0 atom stereocenters. The van der Waals surface area contributed by atoms with E-state index in [9.17, 15) is 9.90 Å². The average Bonchev–Trinajstić information content (AvgIpc) is 2.85. The summed E-state index contributed by atoms with van der Waals surface area (Å²) < 4.78 is 0. The van der Waals surface area contributed by atoms with Crippen LogP contribution in [0, 0.1) is 13.8 Å². The molecule has 2 fully saturated rings. The highest BCUT2D eigenvalue weighted by Crippen LogP contribution is 2.30. The molecule has 5 heteroatoms. The van der Waals surface area contributed by atoms with Crippen molar-refractivity contribution in [3.63, 3.8) is 0 Å². The SMILES string of the molecule is Cc1cc(/C=C2/SC(=NC3CCCCC3)NC2=O)cc(C)c1O. The van der Waals surface area contributed by atoms with E-state index in [1.165, 1.54) is 31.0 Å². The molecule has 2 N–H and O–H groups in total. The first-order chi connectivity index (χ1) is 11.0. The highest BCUT2D eigenvalue weighted by molar-refractivity contribution is 8.18. The summed E-state index contributed by atoms with van der Waals surface area (Å²) in [4.78, 5) is 17.5. The smallest absolute Gasteiger partial charge is 0.264 e. The fourth-order valence-electron chi connectivity index (χ4n) is 3.09. The number of amidine groups is 1. The fraction of sp³-hybridized carbons (Fsp3) is 0.444. The van der Waals surface area contributed by atoms with Gasteiger partial charge in [0.15, 0.2) is 5.17 Å². The largest absolute Gasteiger partial charge is 0.507 e. The van der Waals surface area contributed by atoms with Crippen LogP contribution >= 0.6 is 11.8 Å². The first kappa shape index (κ1) is 16.1. The summed E-state index contributed by atoms with van der Waals surface area (Å²) in [6, 6.07) is 4.13. The average molecular weight is 330 g/mol. The number of hydrogen-bond donors (Lipinski definition) is 2. The fourth-order valence-corrected chi connectivity index (χ4v) is 3.98. The van der Waals surface area contributed by atoms with Crippen molar-refractivity contribution in [2.75, 3.05) is 0 Å². The molecule has 23 heavy (non-hydrogen) atoms. The molecule has 0 spiro atoms. The van der Waals surface area contributed by atoms with E-state index in [2.05, 4.69) is 5.32 Å². The van der Waals surface area contributed by atoms with Crippen LogP contribution in [0.25, 0.3) is 6.08 Å². The number of hydrogen-bond acceptors (Lipinski definition) is 4. The summed E-state index contributed by atoms with van der Waals surface area (Å²) >= 11 is 1.41. The van der Waals surface area contributed by atoms with Gasteiger partial charge >= 0.3 is 0 Å². The Kier molecular flexibility index (Phi) is 4.76. The lowest BCUT2D eigenvalue weighted by atomic mass is 9.96. The second kappa shape index (κ2) is 6.79. The van der Waals surface area contributed by atoms with Crippen molar-refractivity contribution < 1.29 is 9.90 Å². The Morgan fingerprint density at radius 1 is 1.22 bits per heavy atom. The zero-order chi connectivity index (χ0) is 16.4. The maximum Gasteiger partial charge on any atom is 0.264 e. The molecule has 1 aromatic rings. The second-order valence-electron chi connectivity index (χ2n) is 6.29. The lowest BCUT2D eigenvalue weighted by Gasteiger charge is -2.17. The van der Waals surface area contributed by atoms with Crippen molar-refractivity contribution in [1.29, 1.82) is 0 Å². The van der Waals surface area contributed by atoms with Crippen molar-refractivity contribution in [3.8, 4) is 5.75 Å². The molecular weight excluding hydrogens is 308 g/mol. The van der Waals surface area contributed by atoms with E-state index < -0.39 is 0 Å². The van der Waals surface area contributed by atoms with Crippen LogP contribution in [0.1, 0.15) is 48.8 Å². The van der Waals surface area contributed by atoms with E-state index in [-0.39, 0.29) is 5.91 Å². The predicted molar refractivity (Wildman–Crippen MR) is 95.6 cm³/mol. The molecule has 3 rings (SSSR count). The normalized spacial score (nSPS) is 22.8. The third-order valence-electron chi connectivity index (χ3n) is 4.34. The monoisotopic (exact) mass is 330 g/mol. The van der Waals surface area contributed by atoms with Gasteiger partial charge in [-0.2, -0.15) is 0 Å². The number of carbonyl (C=O) groups is 1. The molecule has 0 radical (unpaired) electrons. The standard InChI is InChI=1S/C18H22N2O2S/c1-11-8-13(9-12(2)16(11)21)10-15-17(22)20-18(23-15)19-14-6-4-3-5-7-14/h8-10,14,21H,3-7H2,1-2H3,(H,19,20,22)/b15-10+. The Hall–Kier alpha value is -1.75. The van der Waals surface area contributed by atoms with Gasteiger partial charge in [-0.15, -0.1) is 0 Å². The number of aryl methyl sites for hydroxylation is 2. The molecule has 1 saturated heterocycles. The Bertz CT molecular complexity index is 665. The van der Waals surface area contributed by atoms with E-state index in [0.717, 1.165) is 34.7 Å². The van der Waals surface area contributed by atoms with Gasteiger partial charge in [0.1, 0.15) is 5.75 Å². The number of phenols is 1. The third kappa shape index (κ3) is 3.78. The zero-order valence-electron chi connectivity index (χ0n) is 13.6. The summed E-state index contributed by atoms with van der Waals surface area (Å²) in [6.45, 7) is 3.73. The van der Waals surface area contributed by atoms with Crippen LogP contribution < -0.4 is 5.32 Å². The van der Waals surface area contributed by atoms with Gasteiger partial charge in [-0.25, -0.2) is 0 Å². The minimum atomic E-state index is -0.0899. The van der Waals surface area contributed by atoms with Gasteiger partial charge in [0.05, 0.1) is 10.9 Å². The minimum absolute atomic E-state index is 0.0899. The molecule has 1 saturated carbocycles. The number of benzene rings is 1. The van der Waals surface area contributed by atoms with Gasteiger partial charge in [0.25, 0.3) is 5.91 Å². The summed E-state index contributed by atoms with van der Waals surface area (Å²) in [5, 5.41) is 13.4. The number of nitrogens with zero attached hydrogens (tertiary/aromatic N) is 1. The van der Waals surface area contributed by atoms with Crippen molar-refractivity contribution in [3.05, 3.63) is 33.7 Å². The molecule has 0 aromatic heterocycles. The van der Waals surface area contributed by atoms with Crippen LogP contribution in [0.15, 0.2) is 22.0 Å². The van der Waals surface area contributed by atoms with Crippen LogP contribution in [0.3, 0.4) is 0 Å². The van der Waals surface area contributed by atoms with Crippen LogP contribution in [-0.2, 0) is 4.79 Å². The predicted octanol–water partition coefficient (Wildman–Crippen LogP) is 3.90. The highest BCUT2D eigenvalue weighted by atomic mass is 32.2. The Morgan fingerprint density at radius 2 is 1.87 bits per heavy atom. The summed E-state index contributed by atoms with van der Waals surface area (Å²) in [5.74, 6) is 0.225. The summed E-state index contributed by atoms with van der Waals surface area (Å²) in [5.41, 5.74) is 2.56. The molecule has 1 heterocycles. The first-order valence-corrected chi connectivity index (χ1v) is 8.93. The Labute approximate surface area is 141 Å². The molecule has 1 aliphatic carbocycles. The van der Waals surface area contributed by atoms with Crippen molar-refractivity contribution in [1.82, 2.24) is 5.32 Å². The third-order valence-corrected chi connectivity index (χ3v) is 5.26. The zero-order valence-corrected chi connectivity index (χ0v) is 14.4. The van der Waals surface area contributed by atoms with Crippen LogP contribution in [0.4, 0.5) is 0 Å². The van der Waals surface area contributed by atoms with Gasteiger partial charge in [-0.3, -0.25) is 9.79 Å². The van der Waals surface area contributed by atoms with Crippen molar-refractivity contribution in [2.45, 2.75) is 52.0 Å². The van der Waals surface area contributed by atoms with Gasteiger partial charge in [-0.05, 0) is 73.4 Å². The highest BCUT2D eigenvalue weighted by Gasteiger charge is 2.25. The van der Waals surface area contributed by atoms with Crippen LogP contribution in [0.5, 0.6) is 5.75 Å². The maximum atomic E-state index is 12.1. The first-order valence-electron chi connectivity index (χ1n) is 8.12. The topological polar surface area (TPSA) is 61.7 Å². The number of phenolic OH excluding ortho intramolecular Hbond substituents is 1. The van der Waals surface area contributed by atoms with E-state index in [4.69, 9.17) is 4.99 Å². The lowest BCUT2D eigenvalue weighted by molar-refractivity contribution is -0.115. The number of thioether (sulfide) groups is 1. The van der Waals surface area contributed by atoms with Gasteiger partial charge < -0.3 is 10.4 Å². The number of rotatable bonds is 2. The molecule has 0 bridgehead atoms. The number of aromatic hydroxyl groups is 1. The maximum absolute atomic E-state index is 12.1. The Balaban J connectivity index is 1.78. The lowest BCUT2D eigenvalue weighted by Crippen LogP contribution is -2.22. The van der Waals surface area contributed by atoms with Gasteiger partial charge in [-0.1, -0.05) is 19.3 Å². The number of amides is 1. The van der Waals surface area contributed by atoms with Crippen LogP contribution in [0.2, 0.25) is 0 Å². The molecular formula is C18H22N2O2S. The molecule has 0 unspecified atom stereocenters. The van der Waals surface area contributed by atoms with E-state index >= 15 is 0 Å². The van der Waals surface area contributed by atoms with Crippen molar-refractivity contribution >= 4 is 28.9 Å². The molecule has 2 aliphatic rings. The van der Waals surface area contributed by atoms with E-state index in [1.54, 1.807) is 0 Å². The van der Waals surface area contributed by atoms with E-state index in [0.29, 0.717) is 16.7 Å². The number of nitrogens with one attached hydrogen (secondary N) is 1. The molecule has 122 valence electrons. The van der Waals surface area contributed by atoms with Crippen LogP contribution in [-0.4, -0.2) is 22.2 Å². The van der Waals surface area contributed by atoms with Crippen molar-refractivity contribution in [2.24, 2.45) is 4.99 Å². The molecule has 4 nitrogen and oxygen atoms in total. The quantitative estimate of drug-likeness (QED) is 0.808. The summed E-state index contributed by atoms with van der Waals surface area (Å²) in [6.07, 6.45) is 7.86. The molecule has 1 aromatic carbocycles. The molecule has 1 aliphatic heterocycles. The van der Waals surface area contributed by atoms with E-state index in [1.807, 2.05) is 32.1 Å². The number of aliphatic imine (C=N–C) groups is 1. The minimum Gasteiger partial charge on any atom is -0.507 e. The summed E-state index contributed by atoms with van der Waals surface area (Å²) in [7, 11) is 0. The second-order valence-corrected chi connectivity index (χ2v) is 7.32. The number of carbonyl (C=O) groups excluding carboxylic acids is 1. The van der Waals surface area contributed by atoms with Gasteiger partial charge in [0, 0.05) is 0 Å². The molecule has 1 amide bonds. The Morgan fingerprint density at radius 3 is 2.52 bits per heavy atom.